The van der Waals surface area contributed by atoms with E-state index in [1.807, 2.05) is 29.2 Å². The standard InChI is InChI=1S/C21H26ClN3O/c1-17-5-2-3-7-19(17)16-24-11-13-25(14-12-24)21(26)23-10-9-18-6-4-8-20(22)15-18/h2-8,15H,9-14,16H2,1H3,(H,23,26). The van der Waals surface area contributed by atoms with Crippen molar-refractivity contribution in [3.8, 4) is 0 Å². The number of nitrogens with one attached hydrogen (secondary N) is 1. The fourth-order valence-corrected chi connectivity index (χ4v) is 3.47. The van der Waals surface area contributed by atoms with Crippen LogP contribution in [-0.2, 0) is 13.0 Å². The van der Waals surface area contributed by atoms with Gasteiger partial charge in [0.1, 0.15) is 0 Å². The third-order valence-corrected chi connectivity index (χ3v) is 5.13. The first-order valence-electron chi connectivity index (χ1n) is 9.16. The number of benzene rings is 2. The molecule has 1 aliphatic rings. The minimum absolute atomic E-state index is 0.0302. The van der Waals surface area contributed by atoms with Crippen LogP contribution >= 0.6 is 11.6 Å². The first kappa shape index (κ1) is 18.7. The molecule has 2 aromatic rings. The Morgan fingerprint density at radius 1 is 1.08 bits per heavy atom. The topological polar surface area (TPSA) is 35.6 Å². The summed E-state index contributed by atoms with van der Waals surface area (Å²) >= 11 is 5.99. The number of aryl methyl sites for hydroxylation is 1. The minimum atomic E-state index is 0.0302. The van der Waals surface area contributed by atoms with Crippen molar-refractivity contribution in [3.63, 3.8) is 0 Å². The number of hydrogen-bond donors (Lipinski definition) is 1. The van der Waals surface area contributed by atoms with Gasteiger partial charge in [0.15, 0.2) is 0 Å². The van der Waals surface area contributed by atoms with Crippen LogP contribution in [0.2, 0.25) is 5.02 Å². The van der Waals surface area contributed by atoms with Crippen LogP contribution in [0.1, 0.15) is 16.7 Å². The van der Waals surface area contributed by atoms with Gasteiger partial charge in [-0.1, -0.05) is 48.0 Å². The molecular formula is C21H26ClN3O. The van der Waals surface area contributed by atoms with Crippen LogP contribution in [0.15, 0.2) is 48.5 Å². The van der Waals surface area contributed by atoms with E-state index in [4.69, 9.17) is 11.6 Å². The van der Waals surface area contributed by atoms with Crippen molar-refractivity contribution in [3.05, 3.63) is 70.2 Å². The lowest BCUT2D eigenvalue weighted by Gasteiger charge is -2.35. The summed E-state index contributed by atoms with van der Waals surface area (Å²) < 4.78 is 0. The van der Waals surface area contributed by atoms with E-state index >= 15 is 0 Å². The molecule has 0 spiro atoms. The third-order valence-electron chi connectivity index (χ3n) is 4.89. The molecular weight excluding hydrogens is 346 g/mol. The monoisotopic (exact) mass is 371 g/mol. The Labute approximate surface area is 160 Å². The summed E-state index contributed by atoms with van der Waals surface area (Å²) in [5, 5.41) is 3.75. The van der Waals surface area contributed by atoms with E-state index < -0.39 is 0 Å². The first-order valence-corrected chi connectivity index (χ1v) is 9.54. The smallest absolute Gasteiger partial charge is 0.317 e. The normalized spacial score (nSPS) is 15.1. The second-order valence-electron chi connectivity index (χ2n) is 6.80. The number of nitrogens with zero attached hydrogens (tertiary/aromatic N) is 2. The number of hydrogen-bond acceptors (Lipinski definition) is 2. The van der Waals surface area contributed by atoms with Gasteiger partial charge in [-0.2, -0.15) is 0 Å². The molecule has 3 rings (SSSR count). The van der Waals surface area contributed by atoms with Gasteiger partial charge in [0, 0.05) is 44.3 Å². The van der Waals surface area contributed by atoms with Crippen LogP contribution < -0.4 is 5.32 Å². The van der Waals surface area contributed by atoms with Gasteiger partial charge >= 0.3 is 6.03 Å². The maximum absolute atomic E-state index is 12.3. The second kappa shape index (κ2) is 9.06. The maximum Gasteiger partial charge on any atom is 0.317 e. The molecule has 1 saturated heterocycles. The Morgan fingerprint density at radius 3 is 2.58 bits per heavy atom. The van der Waals surface area contributed by atoms with Gasteiger partial charge in [0.25, 0.3) is 0 Å². The molecule has 1 aliphatic heterocycles. The minimum Gasteiger partial charge on any atom is -0.338 e. The molecule has 0 atom stereocenters. The number of halogens is 1. The van der Waals surface area contributed by atoms with E-state index in [1.54, 1.807) is 0 Å². The lowest BCUT2D eigenvalue weighted by atomic mass is 10.1. The number of carbonyl (C=O) groups excluding carboxylic acids is 1. The van der Waals surface area contributed by atoms with Gasteiger partial charge in [0.2, 0.25) is 0 Å². The first-order chi connectivity index (χ1) is 12.6. The summed E-state index contributed by atoms with van der Waals surface area (Å²) in [7, 11) is 0. The van der Waals surface area contributed by atoms with Gasteiger partial charge < -0.3 is 10.2 Å². The highest BCUT2D eigenvalue weighted by molar-refractivity contribution is 6.30. The van der Waals surface area contributed by atoms with Crippen molar-refractivity contribution < 1.29 is 4.79 Å². The molecule has 1 heterocycles. The molecule has 26 heavy (non-hydrogen) atoms. The molecule has 0 bridgehead atoms. The van der Waals surface area contributed by atoms with Crippen LogP contribution in [0, 0.1) is 6.92 Å². The summed E-state index contributed by atoms with van der Waals surface area (Å²) in [6.07, 6.45) is 0.791. The van der Waals surface area contributed by atoms with Crippen LogP contribution in [0.25, 0.3) is 0 Å². The molecule has 1 fully saturated rings. The summed E-state index contributed by atoms with van der Waals surface area (Å²) in [6.45, 7) is 7.11. The van der Waals surface area contributed by atoms with Crippen molar-refractivity contribution in [1.29, 1.82) is 0 Å². The Bertz CT molecular complexity index is 742. The zero-order chi connectivity index (χ0) is 18.4. The van der Waals surface area contributed by atoms with Gasteiger partial charge in [0.05, 0.1) is 0 Å². The van der Waals surface area contributed by atoms with Crippen LogP contribution in [-0.4, -0.2) is 48.6 Å². The lowest BCUT2D eigenvalue weighted by molar-refractivity contribution is 0.135. The molecule has 0 unspecified atom stereocenters. The molecule has 0 radical (unpaired) electrons. The van der Waals surface area contributed by atoms with Crippen LogP contribution in [0.3, 0.4) is 0 Å². The fraction of sp³-hybridized carbons (Fsp3) is 0.381. The van der Waals surface area contributed by atoms with Crippen molar-refractivity contribution in [2.75, 3.05) is 32.7 Å². The van der Waals surface area contributed by atoms with E-state index in [1.165, 1.54) is 11.1 Å². The highest BCUT2D eigenvalue weighted by atomic mass is 35.5. The lowest BCUT2D eigenvalue weighted by Crippen LogP contribution is -2.51. The highest BCUT2D eigenvalue weighted by Gasteiger charge is 2.21. The quantitative estimate of drug-likeness (QED) is 0.869. The van der Waals surface area contributed by atoms with Crippen molar-refractivity contribution in [2.24, 2.45) is 0 Å². The number of amides is 2. The predicted octanol–water partition coefficient (Wildman–Crippen LogP) is 3.72. The van der Waals surface area contributed by atoms with Gasteiger partial charge in [-0.3, -0.25) is 4.90 Å². The van der Waals surface area contributed by atoms with Gasteiger partial charge in [-0.05, 0) is 42.2 Å². The van der Waals surface area contributed by atoms with Crippen molar-refractivity contribution >= 4 is 17.6 Å². The fourth-order valence-electron chi connectivity index (χ4n) is 3.26. The molecule has 2 aromatic carbocycles. The average Bonchev–Trinajstić information content (AvgIpc) is 2.64. The van der Waals surface area contributed by atoms with Gasteiger partial charge in [-0.25, -0.2) is 4.79 Å². The molecule has 2 amide bonds. The largest absolute Gasteiger partial charge is 0.338 e. The summed E-state index contributed by atoms with van der Waals surface area (Å²) in [5.74, 6) is 0. The summed E-state index contributed by atoms with van der Waals surface area (Å²) in [6, 6.07) is 16.3. The molecule has 0 aliphatic carbocycles. The number of rotatable bonds is 5. The predicted molar refractivity (Wildman–Crippen MR) is 107 cm³/mol. The maximum atomic E-state index is 12.3. The summed E-state index contributed by atoms with van der Waals surface area (Å²) in [4.78, 5) is 16.7. The molecule has 138 valence electrons. The van der Waals surface area contributed by atoms with Crippen LogP contribution in [0.4, 0.5) is 4.79 Å². The van der Waals surface area contributed by atoms with Crippen molar-refractivity contribution in [2.45, 2.75) is 19.9 Å². The van der Waals surface area contributed by atoms with E-state index in [0.29, 0.717) is 6.54 Å². The second-order valence-corrected chi connectivity index (χ2v) is 7.24. The number of urea groups is 1. The number of carbonyl (C=O) groups is 1. The van der Waals surface area contributed by atoms with E-state index in [9.17, 15) is 4.79 Å². The number of piperazine rings is 1. The van der Waals surface area contributed by atoms with E-state index in [0.717, 1.165) is 49.7 Å². The Kier molecular flexibility index (Phi) is 6.53. The Balaban J connectivity index is 1.40. The average molecular weight is 372 g/mol. The van der Waals surface area contributed by atoms with Crippen molar-refractivity contribution in [1.82, 2.24) is 15.1 Å². The molecule has 0 saturated carbocycles. The Hall–Kier alpha value is -2.04. The van der Waals surface area contributed by atoms with Crippen LogP contribution in [0.5, 0.6) is 0 Å². The highest BCUT2D eigenvalue weighted by Crippen LogP contribution is 2.13. The molecule has 1 N–H and O–H groups in total. The summed E-state index contributed by atoms with van der Waals surface area (Å²) in [5.41, 5.74) is 3.83. The zero-order valence-electron chi connectivity index (χ0n) is 15.2. The SMILES string of the molecule is Cc1ccccc1CN1CCN(C(=O)NCCc2cccc(Cl)c2)CC1. The third kappa shape index (κ3) is 5.23. The van der Waals surface area contributed by atoms with E-state index in [2.05, 4.69) is 41.4 Å². The Morgan fingerprint density at radius 2 is 1.85 bits per heavy atom. The zero-order valence-corrected chi connectivity index (χ0v) is 16.0. The molecule has 4 nitrogen and oxygen atoms in total. The van der Waals surface area contributed by atoms with E-state index in [-0.39, 0.29) is 6.03 Å². The molecule has 5 heteroatoms. The van der Waals surface area contributed by atoms with Gasteiger partial charge in [-0.15, -0.1) is 0 Å². The molecule has 0 aromatic heterocycles.